The van der Waals surface area contributed by atoms with Crippen molar-refractivity contribution in [2.24, 2.45) is 0 Å². The summed E-state index contributed by atoms with van der Waals surface area (Å²) in [4.78, 5) is 27.2. The van der Waals surface area contributed by atoms with E-state index in [-0.39, 0.29) is 29.9 Å². The highest BCUT2D eigenvalue weighted by Crippen LogP contribution is 2.19. The number of benzene rings is 1. The van der Waals surface area contributed by atoms with Gasteiger partial charge in [-0.3, -0.25) is 14.6 Å². The second-order valence-corrected chi connectivity index (χ2v) is 8.23. The van der Waals surface area contributed by atoms with Crippen molar-refractivity contribution >= 4 is 22.0 Å². The van der Waals surface area contributed by atoms with Crippen molar-refractivity contribution in [2.45, 2.75) is 17.9 Å². The number of hydrogen-bond donors (Lipinski definition) is 1. The van der Waals surface area contributed by atoms with Crippen LogP contribution in [0.25, 0.3) is 0 Å². The number of halogens is 1. The Morgan fingerprint density at radius 2 is 1.73 bits per heavy atom. The van der Waals surface area contributed by atoms with Crippen molar-refractivity contribution in [3.63, 3.8) is 0 Å². The lowest BCUT2D eigenvalue weighted by atomic mass is 10.2. The number of carbonyl (C=O) groups is 2. The van der Waals surface area contributed by atoms with Gasteiger partial charge < -0.3 is 5.32 Å². The fourth-order valence-electron chi connectivity index (χ4n) is 3.15. The van der Waals surface area contributed by atoms with E-state index >= 15 is 0 Å². The maximum atomic E-state index is 13.0. The molecule has 0 saturated carbocycles. The van der Waals surface area contributed by atoms with Crippen LogP contribution in [0.2, 0.25) is 0 Å². The van der Waals surface area contributed by atoms with Crippen LogP contribution in [0.5, 0.6) is 0 Å². The topological polar surface area (TPSA) is 90.0 Å². The number of carbonyl (C=O) groups excluding carboxylic acids is 2. The third-order valence-corrected chi connectivity index (χ3v) is 6.67. The highest BCUT2D eigenvalue weighted by molar-refractivity contribution is 7.89. The summed E-state index contributed by atoms with van der Waals surface area (Å²) in [6.07, 6.45) is 0. The molecule has 2 aliphatic rings. The summed E-state index contributed by atoms with van der Waals surface area (Å²) in [5.41, 5.74) is 0. The van der Waals surface area contributed by atoms with E-state index in [1.807, 2.05) is 4.90 Å². The fourth-order valence-corrected chi connectivity index (χ4v) is 4.57. The van der Waals surface area contributed by atoms with Gasteiger partial charge in [-0.15, -0.1) is 0 Å². The molecule has 0 aliphatic carbocycles. The lowest BCUT2D eigenvalue weighted by Crippen LogP contribution is -2.55. The van der Waals surface area contributed by atoms with E-state index in [1.165, 1.54) is 21.3 Å². The summed E-state index contributed by atoms with van der Waals surface area (Å²) in [7, 11) is -3.69. The van der Waals surface area contributed by atoms with E-state index in [1.54, 1.807) is 6.92 Å². The molecule has 3 amide bonds. The molecule has 0 radical (unpaired) electrons. The third-order valence-electron chi connectivity index (χ3n) is 4.75. The van der Waals surface area contributed by atoms with E-state index in [4.69, 9.17) is 0 Å². The summed E-state index contributed by atoms with van der Waals surface area (Å²) >= 11 is 0. The standard InChI is InChI=1S/C16H21FN4O4S/c1-12(15(22)21-7-6-18-16(21)23)19-8-10-20(11-9-19)26(24,25)14-4-2-13(17)3-5-14/h2-5,12H,6-11H2,1H3,(H,18,23). The van der Waals surface area contributed by atoms with Gasteiger partial charge in [-0.05, 0) is 31.2 Å². The van der Waals surface area contributed by atoms with Gasteiger partial charge in [0.15, 0.2) is 0 Å². The first-order valence-corrected chi connectivity index (χ1v) is 9.83. The normalized spacial score (nSPS) is 20.8. The minimum Gasteiger partial charge on any atom is -0.336 e. The van der Waals surface area contributed by atoms with Crippen LogP contribution in [0, 0.1) is 5.82 Å². The molecule has 0 spiro atoms. The number of rotatable bonds is 4. The molecule has 8 nitrogen and oxygen atoms in total. The average Bonchev–Trinajstić information content (AvgIpc) is 3.07. The van der Waals surface area contributed by atoms with Crippen LogP contribution in [-0.2, 0) is 14.8 Å². The summed E-state index contributed by atoms with van der Waals surface area (Å²) in [5.74, 6) is -0.776. The van der Waals surface area contributed by atoms with Crippen LogP contribution in [0.15, 0.2) is 29.2 Å². The van der Waals surface area contributed by atoms with Gasteiger partial charge in [0.05, 0.1) is 10.9 Å². The molecule has 2 fully saturated rings. The quantitative estimate of drug-likeness (QED) is 0.794. The van der Waals surface area contributed by atoms with Gasteiger partial charge in [-0.2, -0.15) is 4.31 Å². The van der Waals surface area contributed by atoms with Crippen LogP contribution in [0.3, 0.4) is 0 Å². The molecule has 2 aliphatic heterocycles. The molecule has 0 bridgehead atoms. The monoisotopic (exact) mass is 384 g/mol. The number of hydrogen-bond acceptors (Lipinski definition) is 5. The summed E-state index contributed by atoms with van der Waals surface area (Å²) in [5, 5.41) is 2.59. The van der Waals surface area contributed by atoms with Gasteiger partial charge in [0.2, 0.25) is 15.9 Å². The number of nitrogens with zero attached hydrogens (tertiary/aromatic N) is 3. The minimum absolute atomic E-state index is 0.0465. The smallest absolute Gasteiger partial charge is 0.324 e. The van der Waals surface area contributed by atoms with Crippen molar-refractivity contribution in [1.82, 2.24) is 19.4 Å². The second-order valence-electron chi connectivity index (χ2n) is 6.29. The molecular formula is C16H21FN4O4S. The maximum Gasteiger partial charge on any atom is 0.324 e. The highest BCUT2D eigenvalue weighted by Gasteiger charge is 2.35. The van der Waals surface area contributed by atoms with Gasteiger partial charge in [-0.25, -0.2) is 17.6 Å². The van der Waals surface area contributed by atoms with Crippen LogP contribution >= 0.6 is 0 Å². The van der Waals surface area contributed by atoms with Gasteiger partial charge in [0.25, 0.3) is 0 Å². The Morgan fingerprint density at radius 3 is 2.27 bits per heavy atom. The Morgan fingerprint density at radius 1 is 1.12 bits per heavy atom. The Kier molecular flexibility index (Phi) is 5.26. The van der Waals surface area contributed by atoms with Crippen molar-refractivity contribution in [3.8, 4) is 0 Å². The number of piperazine rings is 1. The average molecular weight is 384 g/mol. The third kappa shape index (κ3) is 3.57. The zero-order chi connectivity index (χ0) is 18.9. The van der Waals surface area contributed by atoms with Crippen molar-refractivity contribution in [1.29, 1.82) is 0 Å². The molecule has 1 atom stereocenters. The molecule has 1 aromatic rings. The number of nitrogens with one attached hydrogen (secondary N) is 1. The number of sulfonamides is 1. The second kappa shape index (κ2) is 7.29. The molecule has 1 unspecified atom stereocenters. The first-order chi connectivity index (χ1) is 12.3. The molecule has 142 valence electrons. The summed E-state index contributed by atoms with van der Waals surface area (Å²) in [6.45, 7) is 3.72. The summed E-state index contributed by atoms with van der Waals surface area (Å²) < 4.78 is 39.6. The predicted molar refractivity (Wildman–Crippen MR) is 91.3 cm³/mol. The molecule has 1 aromatic carbocycles. The number of amides is 3. The predicted octanol–water partition coefficient (Wildman–Crippen LogP) is 0.0723. The van der Waals surface area contributed by atoms with Crippen LogP contribution in [0.1, 0.15) is 6.92 Å². The number of urea groups is 1. The molecular weight excluding hydrogens is 363 g/mol. The van der Waals surface area contributed by atoms with Crippen LogP contribution in [0.4, 0.5) is 9.18 Å². The highest BCUT2D eigenvalue weighted by atomic mass is 32.2. The van der Waals surface area contributed by atoms with E-state index < -0.39 is 21.9 Å². The molecule has 26 heavy (non-hydrogen) atoms. The Hall–Kier alpha value is -2.04. The molecule has 1 N–H and O–H groups in total. The van der Waals surface area contributed by atoms with E-state index in [2.05, 4.69) is 5.32 Å². The molecule has 10 heteroatoms. The minimum atomic E-state index is -3.69. The van der Waals surface area contributed by atoms with Gasteiger partial charge in [0.1, 0.15) is 5.82 Å². The van der Waals surface area contributed by atoms with Gasteiger partial charge in [-0.1, -0.05) is 0 Å². The zero-order valence-corrected chi connectivity index (χ0v) is 15.2. The van der Waals surface area contributed by atoms with Gasteiger partial charge in [0, 0.05) is 39.3 Å². The Balaban J connectivity index is 1.62. The Labute approximate surface area is 151 Å². The lowest BCUT2D eigenvalue weighted by molar-refractivity contribution is -0.133. The van der Waals surface area contributed by atoms with Crippen LogP contribution < -0.4 is 5.32 Å². The van der Waals surface area contributed by atoms with Crippen LogP contribution in [-0.4, -0.2) is 79.8 Å². The maximum absolute atomic E-state index is 13.0. The van der Waals surface area contributed by atoms with Crippen molar-refractivity contribution in [3.05, 3.63) is 30.1 Å². The SMILES string of the molecule is CC(C(=O)N1CCNC1=O)N1CCN(S(=O)(=O)c2ccc(F)cc2)CC1. The first-order valence-electron chi connectivity index (χ1n) is 8.39. The van der Waals surface area contributed by atoms with Gasteiger partial charge >= 0.3 is 6.03 Å². The first kappa shape index (κ1) is 18.7. The summed E-state index contributed by atoms with van der Waals surface area (Å²) in [6, 6.07) is 3.83. The number of imide groups is 1. The molecule has 0 aromatic heterocycles. The van der Waals surface area contributed by atoms with Crippen molar-refractivity contribution < 1.29 is 22.4 Å². The molecule has 2 heterocycles. The Bertz CT molecular complexity index is 791. The van der Waals surface area contributed by atoms with E-state index in [0.717, 1.165) is 12.1 Å². The van der Waals surface area contributed by atoms with E-state index in [9.17, 15) is 22.4 Å². The molecule has 2 saturated heterocycles. The fraction of sp³-hybridized carbons (Fsp3) is 0.500. The molecule has 3 rings (SSSR count). The zero-order valence-electron chi connectivity index (χ0n) is 14.4. The van der Waals surface area contributed by atoms with Crippen molar-refractivity contribution in [2.75, 3.05) is 39.3 Å². The lowest BCUT2D eigenvalue weighted by Gasteiger charge is -2.37. The van der Waals surface area contributed by atoms with E-state index in [0.29, 0.717) is 26.2 Å². The largest absolute Gasteiger partial charge is 0.336 e.